The van der Waals surface area contributed by atoms with E-state index in [1.807, 2.05) is 62.4 Å². The summed E-state index contributed by atoms with van der Waals surface area (Å²) in [6.45, 7) is 8.33. The number of anilines is 1. The molecule has 2 heterocycles. The number of amides is 2. The number of nitrogens with zero attached hydrogens (tertiary/aromatic N) is 2. The highest BCUT2D eigenvalue weighted by atomic mass is 16.5. The van der Waals surface area contributed by atoms with Crippen molar-refractivity contribution in [1.82, 2.24) is 15.2 Å². The molecule has 0 unspecified atom stereocenters. The standard InChI is InChI=1S/C27H32N4O3/c1-19-23-8-3-4-9-25(23)29-20(2)24(19)17-27(33)28-18-21-6-5-7-22(16-21)30-26(32)10-11-31-12-14-34-15-13-31/h3-9,16H,10-15,17-18H2,1-2H3,(H,28,33)(H,30,32). The molecule has 1 aromatic heterocycles. The number of ether oxygens (including phenoxy) is 1. The van der Waals surface area contributed by atoms with E-state index in [0.29, 0.717) is 13.0 Å². The normalized spacial score (nSPS) is 14.2. The lowest BCUT2D eigenvalue weighted by molar-refractivity contribution is -0.120. The van der Waals surface area contributed by atoms with E-state index in [0.717, 1.165) is 71.8 Å². The Morgan fingerprint density at radius 1 is 1.03 bits per heavy atom. The van der Waals surface area contributed by atoms with Gasteiger partial charge >= 0.3 is 0 Å². The van der Waals surface area contributed by atoms with Gasteiger partial charge in [0.15, 0.2) is 0 Å². The van der Waals surface area contributed by atoms with Crippen molar-refractivity contribution in [3.63, 3.8) is 0 Å². The number of benzene rings is 2. The van der Waals surface area contributed by atoms with Crippen molar-refractivity contribution >= 4 is 28.4 Å². The summed E-state index contributed by atoms with van der Waals surface area (Å²) in [5, 5.41) is 7.04. The molecule has 7 nitrogen and oxygen atoms in total. The van der Waals surface area contributed by atoms with Crippen molar-refractivity contribution in [2.45, 2.75) is 33.2 Å². The molecule has 1 aliphatic rings. The molecule has 1 aliphatic heterocycles. The summed E-state index contributed by atoms with van der Waals surface area (Å²) in [5.41, 5.74) is 5.57. The third-order valence-electron chi connectivity index (χ3n) is 6.28. The van der Waals surface area contributed by atoms with Gasteiger partial charge in [-0.25, -0.2) is 0 Å². The molecule has 1 saturated heterocycles. The molecule has 2 aromatic carbocycles. The maximum absolute atomic E-state index is 12.7. The Morgan fingerprint density at radius 3 is 2.65 bits per heavy atom. The zero-order valence-electron chi connectivity index (χ0n) is 19.9. The largest absolute Gasteiger partial charge is 0.379 e. The second-order valence-corrected chi connectivity index (χ2v) is 8.72. The van der Waals surface area contributed by atoms with Crippen LogP contribution >= 0.6 is 0 Å². The highest BCUT2D eigenvalue weighted by Crippen LogP contribution is 2.23. The summed E-state index contributed by atoms with van der Waals surface area (Å²) in [7, 11) is 0. The first-order valence-corrected chi connectivity index (χ1v) is 11.8. The van der Waals surface area contributed by atoms with Gasteiger partial charge < -0.3 is 15.4 Å². The monoisotopic (exact) mass is 460 g/mol. The number of hydrogen-bond acceptors (Lipinski definition) is 5. The van der Waals surface area contributed by atoms with Crippen LogP contribution < -0.4 is 10.6 Å². The van der Waals surface area contributed by atoms with Gasteiger partial charge in [-0.2, -0.15) is 0 Å². The summed E-state index contributed by atoms with van der Waals surface area (Å²) in [5.74, 6) is -0.0642. The second-order valence-electron chi connectivity index (χ2n) is 8.72. The number of aryl methyl sites for hydroxylation is 2. The first kappa shape index (κ1) is 23.9. The minimum Gasteiger partial charge on any atom is -0.379 e. The van der Waals surface area contributed by atoms with Crippen LogP contribution in [0.1, 0.15) is 28.8 Å². The van der Waals surface area contributed by atoms with E-state index in [9.17, 15) is 9.59 Å². The summed E-state index contributed by atoms with van der Waals surface area (Å²) in [4.78, 5) is 32.0. The molecule has 0 spiro atoms. The number of para-hydroxylation sites is 1. The van der Waals surface area contributed by atoms with E-state index < -0.39 is 0 Å². The van der Waals surface area contributed by atoms with E-state index in [1.165, 1.54) is 0 Å². The summed E-state index contributed by atoms with van der Waals surface area (Å²) in [6, 6.07) is 15.6. The highest BCUT2D eigenvalue weighted by molar-refractivity contribution is 5.91. The van der Waals surface area contributed by atoms with Crippen LogP contribution in [0.5, 0.6) is 0 Å². The molecule has 178 valence electrons. The zero-order valence-corrected chi connectivity index (χ0v) is 19.9. The molecule has 0 bridgehead atoms. The summed E-state index contributed by atoms with van der Waals surface area (Å²) < 4.78 is 5.34. The Hall–Kier alpha value is -3.29. The van der Waals surface area contributed by atoms with Crippen molar-refractivity contribution in [3.8, 4) is 0 Å². The first-order chi connectivity index (χ1) is 16.5. The van der Waals surface area contributed by atoms with Gasteiger partial charge in [-0.05, 0) is 48.7 Å². The Morgan fingerprint density at radius 2 is 1.82 bits per heavy atom. The lowest BCUT2D eigenvalue weighted by Crippen LogP contribution is -2.38. The van der Waals surface area contributed by atoms with Crippen LogP contribution in [0, 0.1) is 13.8 Å². The van der Waals surface area contributed by atoms with E-state index >= 15 is 0 Å². The quantitative estimate of drug-likeness (QED) is 0.539. The Balaban J connectivity index is 1.30. The molecule has 0 saturated carbocycles. The van der Waals surface area contributed by atoms with Crippen LogP contribution in [0.4, 0.5) is 5.69 Å². The maximum Gasteiger partial charge on any atom is 0.225 e. The number of morpholine rings is 1. The Labute approximate surface area is 200 Å². The fourth-order valence-corrected chi connectivity index (χ4v) is 4.32. The molecule has 0 atom stereocenters. The third kappa shape index (κ3) is 6.18. The van der Waals surface area contributed by atoms with Crippen molar-refractivity contribution in [1.29, 1.82) is 0 Å². The van der Waals surface area contributed by atoms with Gasteiger partial charge in [0, 0.05) is 49.4 Å². The van der Waals surface area contributed by atoms with Gasteiger partial charge in [0.25, 0.3) is 0 Å². The van der Waals surface area contributed by atoms with Gasteiger partial charge in [0.2, 0.25) is 11.8 Å². The van der Waals surface area contributed by atoms with E-state index in [-0.39, 0.29) is 18.2 Å². The fraction of sp³-hybridized carbons (Fsp3) is 0.370. The number of aromatic nitrogens is 1. The van der Waals surface area contributed by atoms with Crippen LogP contribution in [0.3, 0.4) is 0 Å². The molecule has 1 fully saturated rings. The Bertz CT molecular complexity index is 1170. The minimum atomic E-state index is -0.0526. The van der Waals surface area contributed by atoms with Crippen LogP contribution in [0.15, 0.2) is 48.5 Å². The van der Waals surface area contributed by atoms with Crippen molar-refractivity contribution in [2.75, 3.05) is 38.2 Å². The number of carbonyl (C=O) groups is 2. The number of pyridine rings is 1. The lowest BCUT2D eigenvalue weighted by atomic mass is 9.99. The van der Waals surface area contributed by atoms with Gasteiger partial charge in [0.05, 0.1) is 25.2 Å². The molecule has 2 amide bonds. The second kappa shape index (κ2) is 11.2. The molecule has 3 aromatic rings. The molecule has 0 aliphatic carbocycles. The van der Waals surface area contributed by atoms with Gasteiger partial charge in [-0.15, -0.1) is 0 Å². The topological polar surface area (TPSA) is 83.6 Å². The van der Waals surface area contributed by atoms with Crippen LogP contribution in [-0.4, -0.2) is 54.5 Å². The number of carbonyl (C=O) groups excluding carboxylic acids is 2. The number of fused-ring (bicyclic) bond motifs is 1. The highest BCUT2D eigenvalue weighted by Gasteiger charge is 2.14. The number of rotatable bonds is 8. The molecular formula is C27H32N4O3. The third-order valence-corrected chi connectivity index (χ3v) is 6.28. The summed E-state index contributed by atoms with van der Waals surface area (Å²) >= 11 is 0. The van der Waals surface area contributed by atoms with E-state index in [4.69, 9.17) is 4.74 Å². The lowest BCUT2D eigenvalue weighted by Gasteiger charge is -2.26. The molecule has 4 rings (SSSR count). The van der Waals surface area contributed by atoms with Gasteiger partial charge in [-0.3, -0.25) is 19.5 Å². The SMILES string of the molecule is Cc1nc2ccccc2c(C)c1CC(=O)NCc1cccc(NC(=O)CCN2CCOCC2)c1. The van der Waals surface area contributed by atoms with E-state index in [2.05, 4.69) is 20.5 Å². The van der Waals surface area contributed by atoms with Gasteiger partial charge in [-0.1, -0.05) is 30.3 Å². The van der Waals surface area contributed by atoms with Crippen LogP contribution in [0.25, 0.3) is 10.9 Å². The molecule has 34 heavy (non-hydrogen) atoms. The molecule has 2 N–H and O–H groups in total. The smallest absolute Gasteiger partial charge is 0.225 e. The number of nitrogens with one attached hydrogen (secondary N) is 2. The van der Waals surface area contributed by atoms with E-state index in [1.54, 1.807) is 0 Å². The minimum absolute atomic E-state index is 0.0116. The molecular weight excluding hydrogens is 428 g/mol. The zero-order chi connectivity index (χ0) is 23.9. The van der Waals surface area contributed by atoms with Crippen LogP contribution in [0.2, 0.25) is 0 Å². The van der Waals surface area contributed by atoms with Crippen molar-refractivity contribution in [3.05, 3.63) is 70.9 Å². The predicted octanol–water partition coefficient (Wildman–Crippen LogP) is 3.37. The average molecular weight is 461 g/mol. The summed E-state index contributed by atoms with van der Waals surface area (Å²) in [6.07, 6.45) is 0.729. The van der Waals surface area contributed by atoms with Crippen molar-refractivity contribution < 1.29 is 14.3 Å². The molecule has 0 radical (unpaired) electrons. The number of hydrogen-bond donors (Lipinski definition) is 2. The fourth-order valence-electron chi connectivity index (χ4n) is 4.32. The average Bonchev–Trinajstić information content (AvgIpc) is 2.85. The first-order valence-electron chi connectivity index (χ1n) is 11.8. The van der Waals surface area contributed by atoms with Gasteiger partial charge in [0.1, 0.15) is 0 Å². The van der Waals surface area contributed by atoms with Crippen molar-refractivity contribution in [2.24, 2.45) is 0 Å². The molecule has 7 heteroatoms. The van der Waals surface area contributed by atoms with Crippen LogP contribution in [-0.2, 0) is 27.3 Å². The Kier molecular flexibility index (Phi) is 7.87. The maximum atomic E-state index is 12.7. The predicted molar refractivity (Wildman–Crippen MR) is 134 cm³/mol.